The molecule has 3 aromatic rings. The van der Waals surface area contributed by atoms with E-state index < -0.39 is 24.2 Å². The molecule has 2 saturated heterocycles. The van der Waals surface area contributed by atoms with Crippen LogP contribution in [-0.4, -0.2) is 69.7 Å². The number of ether oxygens (including phenoxy) is 1. The van der Waals surface area contributed by atoms with E-state index in [0.717, 1.165) is 5.39 Å². The lowest BCUT2D eigenvalue weighted by Gasteiger charge is -2.27. The summed E-state index contributed by atoms with van der Waals surface area (Å²) in [6, 6.07) is 11.8. The molecule has 0 bridgehead atoms. The number of ketones is 1. The van der Waals surface area contributed by atoms with Gasteiger partial charge in [-0.3, -0.25) is 19.4 Å². The number of fused-ring (bicyclic) bond motifs is 2. The highest BCUT2D eigenvalue weighted by molar-refractivity contribution is 6.02. The normalized spacial score (nSPS) is 19.9. The summed E-state index contributed by atoms with van der Waals surface area (Å²) >= 11 is 0. The lowest BCUT2D eigenvalue weighted by molar-refractivity contribution is -0.138. The first-order chi connectivity index (χ1) is 17.5. The summed E-state index contributed by atoms with van der Waals surface area (Å²) in [5, 5.41) is 3.41. The zero-order valence-corrected chi connectivity index (χ0v) is 19.8. The molecule has 186 valence electrons. The van der Waals surface area contributed by atoms with Crippen molar-refractivity contribution in [3.63, 3.8) is 0 Å². The average Bonchev–Trinajstić information content (AvgIpc) is 3.58. The van der Waals surface area contributed by atoms with Crippen LogP contribution < -0.4 is 10.1 Å². The second kappa shape index (κ2) is 9.80. The van der Waals surface area contributed by atoms with Gasteiger partial charge in [0, 0.05) is 24.2 Å². The van der Waals surface area contributed by atoms with Gasteiger partial charge in [-0.1, -0.05) is 37.6 Å². The number of carbonyl (C=O) groups is 4. The number of hydrogen-bond donors (Lipinski definition) is 1. The van der Waals surface area contributed by atoms with Gasteiger partial charge in [0.1, 0.15) is 23.4 Å². The molecule has 1 N–H and O–H groups in total. The van der Waals surface area contributed by atoms with Gasteiger partial charge in [-0.2, -0.15) is 0 Å². The van der Waals surface area contributed by atoms with Crippen molar-refractivity contribution < 1.29 is 28.3 Å². The highest BCUT2D eigenvalue weighted by atomic mass is 16.6. The summed E-state index contributed by atoms with van der Waals surface area (Å²) in [6.45, 7) is 2.13. The smallest absolute Gasteiger partial charge is 0.415 e. The van der Waals surface area contributed by atoms with Crippen molar-refractivity contribution in [2.45, 2.75) is 44.3 Å². The summed E-state index contributed by atoms with van der Waals surface area (Å²) in [7, 11) is 0. The molecule has 10 heteroatoms. The highest BCUT2D eigenvalue weighted by Gasteiger charge is 2.52. The zero-order chi connectivity index (χ0) is 25.2. The van der Waals surface area contributed by atoms with E-state index >= 15 is 0 Å². The minimum absolute atomic E-state index is 0.0206. The summed E-state index contributed by atoms with van der Waals surface area (Å²) in [6.07, 6.45) is 2.18. The van der Waals surface area contributed by atoms with Crippen molar-refractivity contribution >= 4 is 34.7 Å². The summed E-state index contributed by atoms with van der Waals surface area (Å²) in [4.78, 5) is 59.0. The van der Waals surface area contributed by atoms with Gasteiger partial charge in [-0.05, 0) is 31.0 Å². The predicted molar refractivity (Wildman–Crippen MR) is 128 cm³/mol. The van der Waals surface area contributed by atoms with E-state index in [9.17, 15) is 19.2 Å². The maximum atomic E-state index is 13.5. The van der Waals surface area contributed by atoms with E-state index in [1.165, 1.54) is 16.0 Å². The van der Waals surface area contributed by atoms with Crippen LogP contribution in [0.25, 0.3) is 11.0 Å². The maximum absolute atomic E-state index is 13.5. The maximum Gasteiger partial charge on any atom is 0.415 e. The Kier molecular flexibility index (Phi) is 6.41. The van der Waals surface area contributed by atoms with Crippen molar-refractivity contribution in [3.8, 4) is 5.95 Å². The van der Waals surface area contributed by atoms with Gasteiger partial charge in [0.15, 0.2) is 5.78 Å². The standard InChI is InChI=1S/C26H26N4O6/c1-2-7-18(28-26(34)36-22-14-16-8-3-4-10-21(16)35-22)25(33)29-13-11-19-23(29)20(31)15-30(19)24(32)17-9-5-6-12-27-17/h3-6,8-10,12,14,18-19,23H,2,7,11,13,15H2,1H3,(H,28,34). The highest BCUT2D eigenvalue weighted by Crippen LogP contribution is 2.31. The van der Waals surface area contributed by atoms with Crippen molar-refractivity contribution in [3.05, 3.63) is 60.4 Å². The van der Waals surface area contributed by atoms with E-state index in [4.69, 9.17) is 9.15 Å². The number of rotatable bonds is 6. The second-order valence-electron chi connectivity index (χ2n) is 8.93. The topological polar surface area (TPSA) is 122 Å². The Morgan fingerprint density at radius 3 is 2.72 bits per heavy atom. The SMILES string of the molecule is CCCC(NC(=O)Oc1cc2ccccc2o1)C(=O)N1CCC2C1C(=O)CN2C(=O)c1ccccn1. The van der Waals surface area contributed by atoms with Crippen molar-refractivity contribution in [1.82, 2.24) is 20.1 Å². The third-order valence-corrected chi connectivity index (χ3v) is 6.61. The third kappa shape index (κ3) is 4.41. The first-order valence-electron chi connectivity index (χ1n) is 12.0. The van der Waals surface area contributed by atoms with Crippen LogP contribution in [0.4, 0.5) is 4.79 Å². The number of nitrogens with zero attached hydrogens (tertiary/aromatic N) is 3. The van der Waals surface area contributed by atoms with Crippen LogP contribution in [0.1, 0.15) is 36.7 Å². The molecule has 2 fully saturated rings. The van der Waals surface area contributed by atoms with Gasteiger partial charge in [-0.15, -0.1) is 0 Å². The lowest BCUT2D eigenvalue weighted by atomic mass is 10.1. The molecule has 2 aliphatic rings. The Morgan fingerprint density at radius 1 is 1.17 bits per heavy atom. The molecule has 1 aromatic carbocycles. The van der Waals surface area contributed by atoms with Crippen LogP contribution in [0.3, 0.4) is 0 Å². The predicted octanol–water partition coefficient (Wildman–Crippen LogP) is 2.78. The van der Waals surface area contributed by atoms with Crippen LogP contribution in [0.15, 0.2) is 59.1 Å². The minimum Gasteiger partial charge on any atom is -0.425 e. The third-order valence-electron chi connectivity index (χ3n) is 6.61. The van der Waals surface area contributed by atoms with Crippen LogP contribution in [0.5, 0.6) is 5.95 Å². The van der Waals surface area contributed by atoms with E-state index in [0.29, 0.717) is 31.4 Å². The Labute approximate surface area is 207 Å². The van der Waals surface area contributed by atoms with Crippen molar-refractivity contribution in [2.75, 3.05) is 13.1 Å². The average molecular weight is 491 g/mol. The monoisotopic (exact) mass is 490 g/mol. The van der Waals surface area contributed by atoms with Crippen LogP contribution in [-0.2, 0) is 9.59 Å². The molecule has 4 heterocycles. The first-order valence-corrected chi connectivity index (χ1v) is 12.0. The molecule has 0 radical (unpaired) electrons. The lowest BCUT2D eigenvalue weighted by Crippen LogP contribution is -2.53. The molecule has 0 spiro atoms. The number of benzene rings is 1. The second-order valence-corrected chi connectivity index (χ2v) is 8.93. The minimum atomic E-state index is -0.876. The van der Waals surface area contributed by atoms with Gasteiger partial charge >= 0.3 is 6.09 Å². The van der Waals surface area contributed by atoms with E-state index in [1.54, 1.807) is 30.3 Å². The summed E-state index contributed by atoms with van der Waals surface area (Å²) in [5.74, 6) is -0.878. The van der Waals surface area contributed by atoms with E-state index in [-0.39, 0.29) is 35.8 Å². The molecule has 10 nitrogen and oxygen atoms in total. The molecule has 36 heavy (non-hydrogen) atoms. The number of nitrogens with one attached hydrogen (secondary N) is 1. The molecular weight excluding hydrogens is 464 g/mol. The fraction of sp³-hybridized carbons (Fsp3) is 0.346. The molecule has 3 amide bonds. The van der Waals surface area contributed by atoms with Gasteiger partial charge in [-0.25, -0.2) is 4.79 Å². The van der Waals surface area contributed by atoms with Crippen LogP contribution in [0, 0.1) is 0 Å². The zero-order valence-electron chi connectivity index (χ0n) is 19.8. The molecular formula is C26H26N4O6. The van der Waals surface area contributed by atoms with Gasteiger partial charge in [0.25, 0.3) is 11.9 Å². The molecule has 3 unspecified atom stereocenters. The number of para-hydroxylation sites is 1. The summed E-state index contributed by atoms with van der Waals surface area (Å²) in [5.41, 5.74) is 0.837. The number of hydrogen-bond acceptors (Lipinski definition) is 7. The van der Waals surface area contributed by atoms with E-state index in [2.05, 4.69) is 10.3 Å². The summed E-state index contributed by atoms with van der Waals surface area (Å²) < 4.78 is 10.8. The number of carbonyl (C=O) groups excluding carboxylic acids is 4. The van der Waals surface area contributed by atoms with Crippen LogP contribution in [0.2, 0.25) is 0 Å². The fourth-order valence-electron chi connectivity index (χ4n) is 4.99. The fourth-order valence-corrected chi connectivity index (χ4v) is 4.99. The Morgan fingerprint density at radius 2 is 1.97 bits per heavy atom. The molecule has 0 aliphatic carbocycles. The molecule has 3 atom stereocenters. The number of amides is 3. The van der Waals surface area contributed by atoms with Gasteiger partial charge in [0.05, 0.1) is 12.6 Å². The first kappa shape index (κ1) is 23.5. The Bertz CT molecular complexity index is 1270. The largest absolute Gasteiger partial charge is 0.425 e. The van der Waals surface area contributed by atoms with Crippen molar-refractivity contribution in [1.29, 1.82) is 0 Å². The number of Topliss-reactive ketones (excluding diaryl/α,β-unsaturated/α-hetero) is 1. The quantitative estimate of drug-likeness (QED) is 0.564. The van der Waals surface area contributed by atoms with Crippen molar-refractivity contribution in [2.24, 2.45) is 0 Å². The Hall–Kier alpha value is -4.21. The molecule has 5 rings (SSSR count). The number of pyridine rings is 1. The number of aromatic nitrogens is 1. The molecule has 2 aliphatic heterocycles. The number of furan rings is 1. The number of likely N-dealkylation sites (tertiary alicyclic amines) is 2. The molecule has 2 aromatic heterocycles. The molecule has 0 saturated carbocycles. The Balaban J connectivity index is 1.27. The van der Waals surface area contributed by atoms with Crippen LogP contribution >= 0.6 is 0 Å². The van der Waals surface area contributed by atoms with E-state index in [1.807, 2.05) is 25.1 Å². The van der Waals surface area contributed by atoms with Gasteiger partial charge in [0.2, 0.25) is 5.91 Å². The van der Waals surface area contributed by atoms with Gasteiger partial charge < -0.3 is 24.3 Å².